The van der Waals surface area contributed by atoms with Crippen molar-refractivity contribution in [1.82, 2.24) is 4.98 Å². The summed E-state index contributed by atoms with van der Waals surface area (Å²) in [4.78, 5) is 17.2. The maximum Gasteiger partial charge on any atom is 0.257 e. The number of hydrogen-bond acceptors (Lipinski definition) is 7. The van der Waals surface area contributed by atoms with E-state index < -0.39 is 0 Å². The summed E-state index contributed by atoms with van der Waals surface area (Å²) in [5, 5.41) is 5.19. The molecular formula is C23H24N2O5S. The van der Waals surface area contributed by atoms with Crippen molar-refractivity contribution in [3.63, 3.8) is 0 Å². The van der Waals surface area contributed by atoms with Crippen LogP contribution in [0.1, 0.15) is 41.9 Å². The summed E-state index contributed by atoms with van der Waals surface area (Å²) in [7, 11) is 1.56. The number of nitrogens with one attached hydrogen (secondary N) is 1. The quantitative estimate of drug-likeness (QED) is 0.491. The second-order valence-electron chi connectivity index (χ2n) is 6.96. The molecule has 0 fully saturated rings. The molecule has 0 radical (unpaired) electrons. The second-order valence-corrected chi connectivity index (χ2v) is 7.82. The fourth-order valence-electron chi connectivity index (χ4n) is 3.08. The van der Waals surface area contributed by atoms with Gasteiger partial charge in [0.25, 0.3) is 5.91 Å². The highest BCUT2D eigenvalue weighted by Crippen LogP contribution is 2.36. The number of benzene rings is 2. The number of methoxy groups -OCH3 is 1. The number of anilines is 1. The Labute approximate surface area is 184 Å². The minimum atomic E-state index is -0.323. The van der Waals surface area contributed by atoms with Crippen molar-refractivity contribution in [3.05, 3.63) is 59.1 Å². The Morgan fingerprint density at radius 2 is 2.06 bits per heavy atom. The highest BCUT2D eigenvalue weighted by molar-refractivity contribution is 7.14. The molecular weight excluding hydrogens is 416 g/mol. The largest absolute Gasteiger partial charge is 0.493 e. The molecule has 3 aromatic rings. The maximum atomic E-state index is 12.7. The zero-order chi connectivity index (χ0) is 21.6. The number of carbonyl (C=O) groups excluding carboxylic acids is 1. The Balaban J connectivity index is 1.41. The zero-order valence-electron chi connectivity index (χ0n) is 17.4. The zero-order valence-corrected chi connectivity index (χ0v) is 18.2. The van der Waals surface area contributed by atoms with Crippen molar-refractivity contribution in [3.8, 4) is 23.0 Å². The van der Waals surface area contributed by atoms with Crippen molar-refractivity contribution in [2.45, 2.75) is 25.9 Å². The van der Waals surface area contributed by atoms with Crippen LogP contribution in [0.5, 0.6) is 23.0 Å². The van der Waals surface area contributed by atoms with Gasteiger partial charge in [-0.3, -0.25) is 10.1 Å². The minimum Gasteiger partial charge on any atom is -0.493 e. The first-order valence-electron chi connectivity index (χ1n) is 10.1. The third kappa shape index (κ3) is 4.91. The van der Waals surface area contributed by atoms with Crippen molar-refractivity contribution in [2.75, 3.05) is 25.6 Å². The van der Waals surface area contributed by atoms with Gasteiger partial charge in [-0.1, -0.05) is 25.5 Å². The van der Waals surface area contributed by atoms with Crippen LogP contribution in [0.2, 0.25) is 0 Å². The van der Waals surface area contributed by atoms with Crippen molar-refractivity contribution in [1.29, 1.82) is 0 Å². The van der Waals surface area contributed by atoms with E-state index >= 15 is 0 Å². The number of fused-ring (bicyclic) bond motifs is 1. The van der Waals surface area contributed by atoms with Crippen LogP contribution >= 0.6 is 11.3 Å². The van der Waals surface area contributed by atoms with Crippen molar-refractivity contribution >= 4 is 22.4 Å². The van der Waals surface area contributed by atoms with Gasteiger partial charge in [0, 0.05) is 10.9 Å². The molecule has 31 heavy (non-hydrogen) atoms. The van der Waals surface area contributed by atoms with E-state index in [1.165, 1.54) is 11.3 Å². The number of aromatic nitrogens is 1. The van der Waals surface area contributed by atoms with Crippen LogP contribution in [-0.2, 0) is 0 Å². The van der Waals surface area contributed by atoms with E-state index in [1.54, 1.807) is 25.3 Å². The van der Waals surface area contributed by atoms with E-state index in [2.05, 4.69) is 17.2 Å². The fourth-order valence-corrected chi connectivity index (χ4v) is 3.83. The Bertz CT molecular complexity index is 1050. The lowest BCUT2D eigenvalue weighted by atomic mass is 10.2. The Morgan fingerprint density at radius 3 is 2.87 bits per heavy atom. The van der Waals surface area contributed by atoms with Crippen LogP contribution in [0.4, 0.5) is 5.13 Å². The first-order chi connectivity index (χ1) is 15.2. The van der Waals surface area contributed by atoms with E-state index in [9.17, 15) is 4.79 Å². The van der Waals surface area contributed by atoms with Gasteiger partial charge in [-0.15, -0.1) is 11.3 Å². The Morgan fingerprint density at radius 1 is 1.23 bits per heavy atom. The molecule has 1 N–H and O–H groups in total. The van der Waals surface area contributed by atoms with Crippen LogP contribution < -0.4 is 24.3 Å². The highest BCUT2D eigenvalue weighted by Gasteiger charge is 2.25. The van der Waals surface area contributed by atoms with E-state index in [-0.39, 0.29) is 12.0 Å². The third-order valence-electron chi connectivity index (χ3n) is 4.76. The molecule has 0 saturated heterocycles. The molecule has 8 heteroatoms. The summed E-state index contributed by atoms with van der Waals surface area (Å²) in [6, 6.07) is 12.7. The number of unbranched alkanes of at least 4 members (excludes halogenated alkanes) is 1. The predicted molar refractivity (Wildman–Crippen MR) is 119 cm³/mol. The molecule has 2 aromatic carbocycles. The fraction of sp³-hybridized carbons (Fsp3) is 0.304. The smallest absolute Gasteiger partial charge is 0.257 e. The average Bonchev–Trinajstić information content (AvgIpc) is 3.27. The average molecular weight is 441 g/mol. The molecule has 1 aliphatic rings. The molecule has 2 heterocycles. The van der Waals surface area contributed by atoms with Crippen molar-refractivity contribution in [2.24, 2.45) is 0 Å². The van der Waals surface area contributed by atoms with Crippen LogP contribution in [0.3, 0.4) is 0 Å². The molecule has 0 aliphatic carbocycles. The molecule has 0 saturated carbocycles. The lowest BCUT2D eigenvalue weighted by molar-refractivity contribution is 0.0888. The van der Waals surface area contributed by atoms with E-state index in [1.807, 2.05) is 29.6 Å². The molecule has 7 nitrogen and oxygen atoms in total. The molecule has 1 unspecified atom stereocenters. The second kappa shape index (κ2) is 9.70. The van der Waals surface area contributed by atoms with Gasteiger partial charge in [0.05, 0.1) is 19.4 Å². The van der Waals surface area contributed by atoms with Gasteiger partial charge in [0.1, 0.15) is 6.61 Å². The number of para-hydroxylation sites is 2. The summed E-state index contributed by atoms with van der Waals surface area (Å²) in [6.45, 7) is 3.08. The molecule has 1 atom stereocenters. The van der Waals surface area contributed by atoms with E-state index in [4.69, 9.17) is 18.9 Å². The first kappa shape index (κ1) is 21.0. The number of thiazole rings is 1. The van der Waals surface area contributed by atoms with Gasteiger partial charge in [-0.2, -0.15) is 0 Å². The van der Waals surface area contributed by atoms with E-state index in [0.717, 1.165) is 18.6 Å². The molecule has 1 aliphatic heterocycles. The van der Waals surface area contributed by atoms with Gasteiger partial charge >= 0.3 is 0 Å². The Hall–Kier alpha value is -3.26. The normalized spacial score (nSPS) is 14.7. The van der Waals surface area contributed by atoms with Gasteiger partial charge in [-0.25, -0.2) is 4.98 Å². The first-order valence-corrected chi connectivity index (χ1v) is 11.0. The number of ether oxygens (including phenoxy) is 4. The third-order valence-corrected chi connectivity index (χ3v) is 5.54. The van der Waals surface area contributed by atoms with Crippen LogP contribution in [0, 0.1) is 0 Å². The summed E-state index contributed by atoms with van der Waals surface area (Å²) in [5.41, 5.74) is 1.18. The standard InChI is InChI=1S/C23H24N2O5S/c1-3-4-11-28-18-10-9-15(12-20(18)27-2)22(26)25-23-24-16(14-31-23)21-13-29-17-7-5-6-8-19(17)30-21/h5-10,12,14,21H,3-4,11,13H2,1-2H3,(H,24,25,26). The molecule has 1 amide bonds. The van der Waals surface area contributed by atoms with Gasteiger partial charge < -0.3 is 18.9 Å². The summed E-state index contributed by atoms with van der Waals surface area (Å²) in [6.07, 6.45) is 1.68. The van der Waals surface area contributed by atoms with Crippen LogP contribution in [-0.4, -0.2) is 31.2 Å². The summed E-state index contributed by atoms with van der Waals surface area (Å²) in [5.74, 6) is 2.28. The lowest BCUT2D eigenvalue weighted by Crippen LogP contribution is -2.22. The molecule has 0 bridgehead atoms. The van der Waals surface area contributed by atoms with Crippen LogP contribution in [0.15, 0.2) is 47.8 Å². The molecule has 1 aromatic heterocycles. The predicted octanol–water partition coefficient (Wildman–Crippen LogP) is 5.10. The molecule has 162 valence electrons. The van der Waals surface area contributed by atoms with Gasteiger partial charge in [-0.05, 0) is 36.8 Å². The minimum absolute atomic E-state index is 0.273. The topological polar surface area (TPSA) is 78.9 Å². The number of nitrogens with zero attached hydrogens (tertiary/aromatic N) is 1. The summed E-state index contributed by atoms with van der Waals surface area (Å²) < 4.78 is 22.8. The number of amides is 1. The van der Waals surface area contributed by atoms with Gasteiger partial charge in [0.15, 0.2) is 34.2 Å². The number of hydrogen-bond donors (Lipinski definition) is 1. The summed E-state index contributed by atoms with van der Waals surface area (Å²) >= 11 is 1.34. The lowest BCUT2D eigenvalue weighted by Gasteiger charge is -2.25. The van der Waals surface area contributed by atoms with E-state index in [0.29, 0.717) is 46.9 Å². The molecule has 0 spiro atoms. The number of carbonyl (C=O) groups is 1. The maximum absolute atomic E-state index is 12.7. The van der Waals surface area contributed by atoms with Crippen LogP contribution in [0.25, 0.3) is 0 Å². The molecule has 4 rings (SSSR count). The number of rotatable bonds is 8. The monoisotopic (exact) mass is 440 g/mol. The highest BCUT2D eigenvalue weighted by atomic mass is 32.1. The van der Waals surface area contributed by atoms with Crippen molar-refractivity contribution < 1.29 is 23.7 Å². The van der Waals surface area contributed by atoms with Gasteiger partial charge in [0.2, 0.25) is 0 Å². The Kier molecular flexibility index (Phi) is 6.57. The SMILES string of the molecule is CCCCOc1ccc(C(=O)Nc2nc(C3COc4ccccc4O3)cs2)cc1OC.